The van der Waals surface area contributed by atoms with E-state index in [1.54, 1.807) is 30.3 Å². The van der Waals surface area contributed by atoms with Crippen LogP contribution < -0.4 is 9.47 Å². The molecule has 0 heterocycles. The monoisotopic (exact) mass is 394 g/mol. The zero-order chi connectivity index (χ0) is 19.1. The second-order valence-electron chi connectivity index (χ2n) is 5.10. The number of halogens is 2. The third-order valence-electron chi connectivity index (χ3n) is 3.41. The van der Waals surface area contributed by atoms with Crippen LogP contribution in [-0.2, 0) is 9.53 Å². The zero-order valence-corrected chi connectivity index (χ0v) is 15.6. The van der Waals surface area contributed by atoms with E-state index in [-0.39, 0.29) is 5.78 Å². The first-order chi connectivity index (χ1) is 12.4. The number of benzene rings is 2. The van der Waals surface area contributed by atoms with Crippen molar-refractivity contribution in [2.45, 2.75) is 0 Å². The number of hydrogen-bond acceptors (Lipinski definition) is 5. The number of esters is 1. The summed E-state index contributed by atoms with van der Waals surface area (Å²) in [5.74, 6) is -0.104. The van der Waals surface area contributed by atoms with Gasteiger partial charge in [0.25, 0.3) is 0 Å². The molecule has 0 spiro atoms. The van der Waals surface area contributed by atoms with E-state index >= 15 is 0 Å². The minimum absolute atomic E-state index is 0.347. The molecule has 2 rings (SSSR count). The number of rotatable bonds is 7. The molecule has 5 nitrogen and oxygen atoms in total. The van der Waals surface area contributed by atoms with Crippen LogP contribution in [-0.4, -0.2) is 32.6 Å². The van der Waals surface area contributed by atoms with Gasteiger partial charge in [0, 0.05) is 21.7 Å². The summed E-state index contributed by atoms with van der Waals surface area (Å²) in [4.78, 5) is 23.9. The van der Waals surface area contributed by atoms with E-state index in [1.165, 1.54) is 32.4 Å². The van der Waals surface area contributed by atoms with Crippen LogP contribution in [0.3, 0.4) is 0 Å². The topological polar surface area (TPSA) is 61.8 Å². The van der Waals surface area contributed by atoms with E-state index in [0.29, 0.717) is 32.7 Å². The fourth-order valence-electron chi connectivity index (χ4n) is 2.07. The van der Waals surface area contributed by atoms with Crippen molar-refractivity contribution in [1.29, 1.82) is 0 Å². The lowest BCUT2D eigenvalue weighted by atomic mass is 10.1. The van der Waals surface area contributed by atoms with Crippen LogP contribution >= 0.6 is 23.2 Å². The smallest absolute Gasteiger partial charge is 0.331 e. The lowest BCUT2D eigenvalue weighted by Crippen LogP contribution is -2.12. The molecule has 0 aliphatic heterocycles. The van der Waals surface area contributed by atoms with Gasteiger partial charge in [-0.25, -0.2) is 4.79 Å². The van der Waals surface area contributed by atoms with Gasteiger partial charge in [-0.2, -0.15) is 0 Å². The van der Waals surface area contributed by atoms with Gasteiger partial charge in [0.1, 0.15) is 0 Å². The van der Waals surface area contributed by atoms with Gasteiger partial charge < -0.3 is 14.2 Å². The number of ketones is 1. The van der Waals surface area contributed by atoms with Crippen molar-refractivity contribution in [3.05, 3.63) is 63.6 Å². The quantitative estimate of drug-likeness (QED) is 0.394. The Kier molecular flexibility index (Phi) is 7.06. The molecule has 0 aliphatic rings. The number of carbonyl (C=O) groups is 2. The van der Waals surface area contributed by atoms with E-state index in [0.717, 1.165) is 0 Å². The Morgan fingerprint density at radius 1 is 1.00 bits per heavy atom. The largest absolute Gasteiger partial charge is 0.493 e. The first-order valence-corrected chi connectivity index (χ1v) is 8.25. The summed E-state index contributed by atoms with van der Waals surface area (Å²) in [7, 11) is 2.97. The molecule has 26 heavy (non-hydrogen) atoms. The maximum atomic E-state index is 12.1. The SMILES string of the molecule is COc1ccc(C(=O)COC(=O)/C=C/c2ccc(Cl)cc2Cl)cc1OC. The van der Waals surface area contributed by atoms with Crippen molar-refractivity contribution < 1.29 is 23.8 Å². The van der Waals surface area contributed by atoms with Crippen molar-refractivity contribution in [3.8, 4) is 11.5 Å². The molecule has 136 valence electrons. The first kappa shape index (κ1) is 19.8. The van der Waals surface area contributed by atoms with E-state index in [1.807, 2.05) is 0 Å². The van der Waals surface area contributed by atoms with E-state index < -0.39 is 12.6 Å². The van der Waals surface area contributed by atoms with Crippen LogP contribution in [0, 0.1) is 0 Å². The maximum Gasteiger partial charge on any atom is 0.331 e. The summed E-state index contributed by atoms with van der Waals surface area (Å²) < 4.78 is 15.2. The highest BCUT2D eigenvalue weighted by Crippen LogP contribution is 2.27. The van der Waals surface area contributed by atoms with Crippen LogP contribution in [0.1, 0.15) is 15.9 Å². The molecule has 0 amide bonds. The molecule has 0 bridgehead atoms. The molecule has 2 aromatic rings. The number of hydrogen-bond donors (Lipinski definition) is 0. The number of methoxy groups -OCH3 is 2. The lowest BCUT2D eigenvalue weighted by Gasteiger charge is -2.09. The van der Waals surface area contributed by atoms with Gasteiger partial charge in [0.2, 0.25) is 0 Å². The molecule has 0 fully saturated rings. The zero-order valence-electron chi connectivity index (χ0n) is 14.1. The third kappa shape index (κ3) is 5.25. The first-order valence-electron chi connectivity index (χ1n) is 7.49. The molecule has 0 saturated heterocycles. The maximum absolute atomic E-state index is 12.1. The average Bonchev–Trinajstić information content (AvgIpc) is 2.64. The Morgan fingerprint density at radius 3 is 2.38 bits per heavy atom. The number of ether oxygens (including phenoxy) is 3. The molecular weight excluding hydrogens is 379 g/mol. The standard InChI is InChI=1S/C19H16Cl2O5/c1-24-17-7-4-13(9-18(17)25-2)16(22)11-26-19(23)8-5-12-3-6-14(20)10-15(12)21/h3-10H,11H2,1-2H3/b8-5+. The van der Waals surface area contributed by atoms with Crippen molar-refractivity contribution in [1.82, 2.24) is 0 Å². The average molecular weight is 395 g/mol. The molecule has 0 radical (unpaired) electrons. The summed E-state index contributed by atoms with van der Waals surface area (Å²) >= 11 is 11.8. The van der Waals surface area contributed by atoms with Crippen LogP contribution in [0.2, 0.25) is 10.0 Å². The van der Waals surface area contributed by atoms with E-state index in [4.69, 9.17) is 37.4 Å². The van der Waals surface area contributed by atoms with Crippen molar-refractivity contribution in [3.63, 3.8) is 0 Å². The Hall–Kier alpha value is -2.50. The summed E-state index contributed by atoms with van der Waals surface area (Å²) in [6, 6.07) is 9.59. The van der Waals surface area contributed by atoms with Gasteiger partial charge in [-0.15, -0.1) is 0 Å². The number of carbonyl (C=O) groups excluding carboxylic acids is 2. The number of Topliss-reactive ketones (excluding diaryl/α,β-unsaturated/α-hetero) is 1. The molecule has 0 aliphatic carbocycles. The highest BCUT2D eigenvalue weighted by Gasteiger charge is 2.12. The second kappa shape index (κ2) is 9.27. The van der Waals surface area contributed by atoms with Gasteiger partial charge in [0.15, 0.2) is 23.9 Å². The predicted molar refractivity (Wildman–Crippen MR) is 100 cm³/mol. The predicted octanol–water partition coefficient (Wildman–Crippen LogP) is 4.45. The van der Waals surface area contributed by atoms with Crippen LogP contribution in [0.15, 0.2) is 42.5 Å². The Balaban J connectivity index is 1.96. The van der Waals surface area contributed by atoms with Crippen molar-refractivity contribution >= 4 is 41.0 Å². The molecule has 2 aromatic carbocycles. The summed E-state index contributed by atoms with van der Waals surface area (Å²) in [6.07, 6.45) is 2.68. The second-order valence-corrected chi connectivity index (χ2v) is 5.94. The molecule has 0 N–H and O–H groups in total. The highest BCUT2D eigenvalue weighted by molar-refractivity contribution is 6.35. The summed E-state index contributed by atoms with van der Waals surface area (Å²) in [5.41, 5.74) is 0.958. The van der Waals surface area contributed by atoms with Gasteiger partial charge in [-0.3, -0.25) is 4.79 Å². The van der Waals surface area contributed by atoms with Crippen molar-refractivity contribution in [2.75, 3.05) is 20.8 Å². The summed E-state index contributed by atoms with van der Waals surface area (Å²) in [5, 5.41) is 0.901. The molecule has 0 atom stereocenters. The van der Waals surface area contributed by atoms with Crippen LogP contribution in [0.5, 0.6) is 11.5 Å². The van der Waals surface area contributed by atoms with Gasteiger partial charge >= 0.3 is 5.97 Å². The van der Waals surface area contributed by atoms with E-state index in [9.17, 15) is 9.59 Å². The molecular formula is C19H16Cl2O5. The molecule has 0 saturated carbocycles. The fourth-order valence-corrected chi connectivity index (χ4v) is 2.54. The van der Waals surface area contributed by atoms with Gasteiger partial charge in [-0.1, -0.05) is 29.3 Å². The normalized spacial score (nSPS) is 10.6. The molecule has 7 heteroatoms. The van der Waals surface area contributed by atoms with Gasteiger partial charge in [0.05, 0.1) is 14.2 Å². The van der Waals surface area contributed by atoms with Crippen molar-refractivity contribution in [2.24, 2.45) is 0 Å². The molecule has 0 aromatic heterocycles. The minimum Gasteiger partial charge on any atom is -0.493 e. The van der Waals surface area contributed by atoms with Crippen LogP contribution in [0.25, 0.3) is 6.08 Å². The Morgan fingerprint density at radius 2 is 1.73 bits per heavy atom. The Labute approximate surface area is 161 Å². The fraction of sp³-hybridized carbons (Fsp3) is 0.158. The Bertz CT molecular complexity index is 846. The van der Waals surface area contributed by atoms with E-state index in [2.05, 4.69) is 0 Å². The lowest BCUT2D eigenvalue weighted by molar-refractivity contribution is -0.136. The highest BCUT2D eigenvalue weighted by atomic mass is 35.5. The van der Waals surface area contributed by atoms with Gasteiger partial charge in [-0.05, 0) is 42.0 Å². The summed E-state index contributed by atoms with van der Waals surface area (Å²) in [6.45, 7) is -0.396. The molecule has 0 unspecified atom stereocenters. The third-order valence-corrected chi connectivity index (χ3v) is 3.97. The minimum atomic E-state index is -0.662. The van der Waals surface area contributed by atoms with Crippen LogP contribution in [0.4, 0.5) is 0 Å².